The summed E-state index contributed by atoms with van der Waals surface area (Å²) in [6.07, 6.45) is 8.48. The van der Waals surface area contributed by atoms with Crippen LogP contribution in [0.2, 0.25) is 0 Å². The molecule has 11 heteroatoms. The Morgan fingerprint density at radius 2 is 1.89 bits per heavy atom. The number of likely N-dealkylation sites (N-methyl/N-ethyl adjacent to an activating group) is 1. The number of aromatic nitrogens is 4. The number of rotatable bonds is 14. The number of carboxylic acid groups (broad SMARTS) is 1. The van der Waals surface area contributed by atoms with Gasteiger partial charge in [0.15, 0.2) is 5.82 Å². The molecule has 0 saturated carbocycles. The van der Waals surface area contributed by atoms with Crippen LogP contribution in [-0.2, 0) is 22.4 Å². The number of anilines is 2. The summed E-state index contributed by atoms with van der Waals surface area (Å²) < 4.78 is 0. The lowest BCUT2D eigenvalue weighted by atomic mass is 10.1. The van der Waals surface area contributed by atoms with E-state index < -0.39 is 12.0 Å². The Hall–Kier alpha value is -4.64. The van der Waals surface area contributed by atoms with Crippen molar-refractivity contribution >= 4 is 34.4 Å². The minimum atomic E-state index is -0.985. The summed E-state index contributed by atoms with van der Waals surface area (Å²) in [4.78, 5) is 47.0. The highest BCUT2D eigenvalue weighted by Gasteiger charge is 2.22. The molecule has 0 unspecified atom stereocenters. The lowest BCUT2D eigenvalue weighted by Gasteiger charge is -2.25. The fourth-order valence-corrected chi connectivity index (χ4v) is 5.30. The van der Waals surface area contributed by atoms with Crippen molar-refractivity contribution in [3.8, 4) is 11.4 Å². The number of pyridine rings is 2. The SMILES string of the molecule is CN(C)C(=O)CN(CCCCc1ccc2c(n1)NCCC2)CC[C@H](Nc1nc(-c2cccnc2)nc2ccccc12)C(=O)O. The zero-order valence-electron chi connectivity index (χ0n) is 25.4. The van der Waals surface area contributed by atoms with E-state index in [1.165, 1.54) is 5.56 Å². The maximum atomic E-state index is 12.6. The Balaban J connectivity index is 1.25. The van der Waals surface area contributed by atoms with E-state index in [0.29, 0.717) is 30.2 Å². The molecule has 1 aromatic carbocycles. The number of fused-ring (bicyclic) bond motifs is 2. The number of amides is 1. The van der Waals surface area contributed by atoms with Crippen LogP contribution in [0, 0.1) is 0 Å². The van der Waals surface area contributed by atoms with Gasteiger partial charge >= 0.3 is 5.97 Å². The van der Waals surface area contributed by atoms with Crippen LogP contribution in [0.1, 0.15) is 36.9 Å². The average molecular weight is 597 g/mol. The van der Waals surface area contributed by atoms with Gasteiger partial charge in [0.25, 0.3) is 0 Å². The van der Waals surface area contributed by atoms with Gasteiger partial charge in [0.2, 0.25) is 5.91 Å². The second-order valence-electron chi connectivity index (χ2n) is 11.3. The number of carbonyl (C=O) groups is 2. The molecular weight excluding hydrogens is 556 g/mol. The van der Waals surface area contributed by atoms with Crippen molar-refractivity contribution in [1.82, 2.24) is 29.7 Å². The van der Waals surface area contributed by atoms with Crippen LogP contribution < -0.4 is 10.6 Å². The summed E-state index contributed by atoms with van der Waals surface area (Å²) in [6.45, 7) is 2.30. The molecule has 44 heavy (non-hydrogen) atoms. The second-order valence-corrected chi connectivity index (χ2v) is 11.3. The number of para-hydroxylation sites is 1. The van der Waals surface area contributed by atoms with Crippen LogP contribution in [0.15, 0.2) is 60.9 Å². The predicted molar refractivity (Wildman–Crippen MR) is 172 cm³/mol. The van der Waals surface area contributed by atoms with Gasteiger partial charge in [-0.05, 0) is 81.0 Å². The van der Waals surface area contributed by atoms with E-state index in [1.807, 2.05) is 41.3 Å². The Morgan fingerprint density at radius 3 is 2.68 bits per heavy atom. The van der Waals surface area contributed by atoms with Crippen LogP contribution in [0.5, 0.6) is 0 Å². The third-order valence-corrected chi connectivity index (χ3v) is 7.83. The van der Waals surface area contributed by atoms with Crippen molar-refractivity contribution in [1.29, 1.82) is 0 Å². The highest BCUT2D eigenvalue weighted by molar-refractivity contribution is 5.92. The number of unbranched alkanes of at least 4 members (excludes halogenated alkanes) is 1. The van der Waals surface area contributed by atoms with Crippen LogP contribution >= 0.6 is 0 Å². The number of carboxylic acids is 1. The van der Waals surface area contributed by atoms with Crippen molar-refractivity contribution in [2.24, 2.45) is 0 Å². The van der Waals surface area contributed by atoms with E-state index >= 15 is 0 Å². The molecule has 230 valence electrons. The molecule has 0 fully saturated rings. The molecule has 0 aliphatic carbocycles. The number of hydrogen-bond donors (Lipinski definition) is 3. The van der Waals surface area contributed by atoms with Gasteiger partial charge in [-0.3, -0.25) is 14.7 Å². The second kappa shape index (κ2) is 14.7. The number of nitrogens with one attached hydrogen (secondary N) is 2. The van der Waals surface area contributed by atoms with Crippen LogP contribution in [0.25, 0.3) is 22.3 Å². The Kier molecular flexibility index (Phi) is 10.3. The quantitative estimate of drug-likeness (QED) is 0.182. The predicted octanol–water partition coefficient (Wildman–Crippen LogP) is 4.11. The third kappa shape index (κ3) is 8.04. The summed E-state index contributed by atoms with van der Waals surface area (Å²) in [5, 5.41) is 17.5. The first kappa shape index (κ1) is 30.8. The minimum absolute atomic E-state index is 0.0184. The molecule has 1 atom stereocenters. The lowest BCUT2D eigenvalue weighted by Crippen LogP contribution is -2.40. The number of aryl methyl sites for hydroxylation is 2. The van der Waals surface area contributed by atoms with Gasteiger partial charge in [-0.25, -0.2) is 19.7 Å². The van der Waals surface area contributed by atoms with Crippen LogP contribution in [-0.4, -0.2) is 93.0 Å². The molecule has 4 aromatic rings. The standard InChI is InChI=1S/C33H40N8O3/c1-40(2)29(42)22-41(19-6-5-11-25-15-14-23-9-8-18-35-30(23)36-25)20-16-28(33(43)44)38-32-26-12-3-4-13-27(26)37-31(39-32)24-10-7-17-34-21-24/h3-4,7,10,12-15,17,21,28H,5-6,8-9,11,16,18-20,22H2,1-2H3,(H,35,36)(H,43,44)(H,37,38,39)/t28-/m0/s1. The van der Waals surface area contributed by atoms with Gasteiger partial charge in [-0.2, -0.15) is 0 Å². The molecule has 0 bridgehead atoms. The molecule has 0 saturated heterocycles. The van der Waals surface area contributed by atoms with Crippen molar-refractivity contribution in [2.45, 2.75) is 44.6 Å². The van der Waals surface area contributed by atoms with Crippen molar-refractivity contribution < 1.29 is 14.7 Å². The summed E-state index contributed by atoms with van der Waals surface area (Å²) in [5.41, 5.74) is 3.78. The highest BCUT2D eigenvalue weighted by atomic mass is 16.4. The van der Waals surface area contributed by atoms with E-state index in [2.05, 4.69) is 32.7 Å². The molecule has 0 spiro atoms. The topological polar surface area (TPSA) is 136 Å². The first-order valence-electron chi connectivity index (χ1n) is 15.2. The number of benzene rings is 1. The van der Waals surface area contributed by atoms with Crippen LogP contribution in [0.3, 0.4) is 0 Å². The lowest BCUT2D eigenvalue weighted by molar-refractivity contribution is -0.138. The molecule has 4 heterocycles. The molecule has 3 aromatic heterocycles. The first-order valence-corrected chi connectivity index (χ1v) is 15.2. The summed E-state index contributed by atoms with van der Waals surface area (Å²) in [5.74, 6) is 0.913. The smallest absolute Gasteiger partial charge is 0.326 e. The molecule has 11 nitrogen and oxygen atoms in total. The first-order chi connectivity index (χ1) is 21.4. The Morgan fingerprint density at radius 1 is 1.02 bits per heavy atom. The maximum absolute atomic E-state index is 12.6. The van der Waals surface area contributed by atoms with Crippen molar-refractivity contribution in [2.75, 3.05) is 50.9 Å². The van der Waals surface area contributed by atoms with Gasteiger partial charge in [0.05, 0.1) is 12.1 Å². The largest absolute Gasteiger partial charge is 0.480 e. The van der Waals surface area contributed by atoms with Crippen molar-refractivity contribution in [3.63, 3.8) is 0 Å². The fraction of sp³-hybridized carbons (Fsp3) is 0.394. The van der Waals surface area contributed by atoms with E-state index in [9.17, 15) is 14.7 Å². The van der Waals surface area contributed by atoms with Gasteiger partial charge in [0, 0.05) is 56.2 Å². The van der Waals surface area contributed by atoms with E-state index in [4.69, 9.17) is 9.97 Å². The number of nitrogens with zero attached hydrogens (tertiary/aromatic N) is 6. The van der Waals surface area contributed by atoms with Crippen molar-refractivity contribution in [3.05, 3.63) is 72.2 Å². The zero-order chi connectivity index (χ0) is 30.9. The summed E-state index contributed by atoms with van der Waals surface area (Å²) in [6, 6.07) is 14.6. The number of carbonyl (C=O) groups excluding carboxylic acids is 1. The minimum Gasteiger partial charge on any atom is -0.480 e. The molecule has 0 radical (unpaired) electrons. The average Bonchev–Trinajstić information content (AvgIpc) is 3.04. The molecule has 1 aliphatic rings. The van der Waals surface area contributed by atoms with E-state index in [0.717, 1.165) is 61.1 Å². The summed E-state index contributed by atoms with van der Waals surface area (Å²) >= 11 is 0. The monoisotopic (exact) mass is 596 g/mol. The zero-order valence-corrected chi connectivity index (χ0v) is 25.4. The maximum Gasteiger partial charge on any atom is 0.326 e. The van der Waals surface area contributed by atoms with Gasteiger partial charge in [-0.15, -0.1) is 0 Å². The summed E-state index contributed by atoms with van der Waals surface area (Å²) in [7, 11) is 3.47. The normalized spacial score (nSPS) is 13.2. The Bertz CT molecular complexity index is 1580. The number of aliphatic carboxylic acids is 1. The van der Waals surface area contributed by atoms with Crippen LogP contribution in [0.4, 0.5) is 11.6 Å². The fourth-order valence-electron chi connectivity index (χ4n) is 5.30. The van der Waals surface area contributed by atoms with Gasteiger partial charge in [0.1, 0.15) is 17.7 Å². The number of hydrogen-bond acceptors (Lipinski definition) is 9. The van der Waals surface area contributed by atoms with Gasteiger partial charge in [-0.1, -0.05) is 18.2 Å². The van der Waals surface area contributed by atoms with Gasteiger partial charge < -0.3 is 20.6 Å². The molecular formula is C33H40N8O3. The third-order valence-electron chi connectivity index (χ3n) is 7.83. The molecule has 1 amide bonds. The Labute approximate surface area is 257 Å². The van der Waals surface area contributed by atoms with E-state index in [1.54, 1.807) is 31.4 Å². The molecule has 5 rings (SSSR count). The molecule has 3 N–H and O–H groups in total. The highest BCUT2D eigenvalue weighted by Crippen LogP contribution is 2.26. The molecule has 1 aliphatic heterocycles. The van der Waals surface area contributed by atoms with E-state index in [-0.39, 0.29) is 18.9 Å².